The minimum absolute atomic E-state index is 0.0321. The lowest BCUT2D eigenvalue weighted by molar-refractivity contribution is -0.137. The van der Waals surface area contributed by atoms with E-state index in [9.17, 15) is 18.0 Å². The second-order valence-electron chi connectivity index (χ2n) is 6.85. The second kappa shape index (κ2) is 5.30. The van der Waals surface area contributed by atoms with Gasteiger partial charge in [0, 0.05) is 25.1 Å². The monoisotopic (exact) mass is 353 g/mol. The smallest absolute Gasteiger partial charge is 0.292 e. The zero-order valence-corrected chi connectivity index (χ0v) is 14.2. The number of amides is 2. The molecule has 0 radical (unpaired) electrons. The Morgan fingerprint density at radius 2 is 1.79 bits per heavy atom. The fourth-order valence-electron chi connectivity index (χ4n) is 3.65. The number of sulfone groups is 1. The van der Waals surface area contributed by atoms with Gasteiger partial charge in [0.2, 0.25) is 11.7 Å². The first kappa shape index (κ1) is 15.6. The van der Waals surface area contributed by atoms with Gasteiger partial charge in [-0.2, -0.15) is 0 Å². The summed E-state index contributed by atoms with van der Waals surface area (Å²) in [5.41, 5.74) is 0.594. The summed E-state index contributed by atoms with van der Waals surface area (Å²) >= 11 is 0. The number of carbonyl (C=O) groups excluding carboxylic acids is 2. The zero-order chi connectivity index (χ0) is 17.1. The number of carbonyl (C=O) groups is 2. The highest BCUT2D eigenvalue weighted by Crippen LogP contribution is 2.35. The van der Waals surface area contributed by atoms with Gasteiger partial charge >= 0.3 is 0 Å². The number of nitrogens with zero attached hydrogens (tertiary/aromatic N) is 3. The van der Waals surface area contributed by atoms with E-state index < -0.39 is 21.9 Å². The molecule has 24 heavy (non-hydrogen) atoms. The van der Waals surface area contributed by atoms with Crippen LogP contribution in [-0.4, -0.2) is 71.9 Å². The van der Waals surface area contributed by atoms with Crippen LogP contribution in [0.3, 0.4) is 0 Å². The van der Waals surface area contributed by atoms with Gasteiger partial charge in [0.25, 0.3) is 5.91 Å². The van der Waals surface area contributed by atoms with Gasteiger partial charge in [-0.15, -0.1) is 0 Å². The number of aryl methyl sites for hydroxylation is 1. The molecule has 2 saturated heterocycles. The fraction of sp³-hybridized carbons (Fsp3) is 0.667. The molecule has 3 heterocycles. The summed E-state index contributed by atoms with van der Waals surface area (Å²) in [7, 11) is -3.28. The molecule has 2 aliphatic heterocycles. The summed E-state index contributed by atoms with van der Waals surface area (Å²) in [5, 5.41) is 3.72. The van der Waals surface area contributed by atoms with E-state index in [1.165, 1.54) is 4.90 Å². The molecule has 4 rings (SSSR count). The molecule has 3 aliphatic rings. The van der Waals surface area contributed by atoms with Gasteiger partial charge in [-0.1, -0.05) is 5.16 Å². The molecule has 8 nitrogen and oxygen atoms in total. The molecule has 0 bridgehead atoms. The van der Waals surface area contributed by atoms with Crippen LogP contribution in [0.25, 0.3) is 0 Å². The second-order valence-corrected chi connectivity index (χ2v) is 9.00. The van der Waals surface area contributed by atoms with Crippen LogP contribution in [0.15, 0.2) is 10.6 Å². The third kappa shape index (κ3) is 2.60. The van der Waals surface area contributed by atoms with E-state index in [4.69, 9.17) is 4.52 Å². The van der Waals surface area contributed by atoms with Crippen molar-refractivity contribution >= 4 is 21.7 Å². The SMILES string of the molecule is Cc1cc(C(=O)N2CCN(C(=O)C3CC3)[C@@H]3CS(=O)(=O)C[C@@H]32)on1. The van der Waals surface area contributed by atoms with Gasteiger partial charge in [0.05, 0.1) is 29.3 Å². The maximum absolute atomic E-state index is 12.7. The summed E-state index contributed by atoms with van der Waals surface area (Å²) < 4.78 is 29.3. The number of fused-ring (bicyclic) bond motifs is 1. The first-order chi connectivity index (χ1) is 11.4. The van der Waals surface area contributed by atoms with Gasteiger partial charge < -0.3 is 14.3 Å². The van der Waals surface area contributed by atoms with Gasteiger partial charge in [-0.3, -0.25) is 9.59 Å². The first-order valence-electron chi connectivity index (χ1n) is 8.11. The summed E-state index contributed by atoms with van der Waals surface area (Å²) in [6.07, 6.45) is 1.75. The Hall–Kier alpha value is -1.90. The lowest BCUT2D eigenvalue weighted by Gasteiger charge is -2.43. The van der Waals surface area contributed by atoms with Crippen LogP contribution in [0.5, 0.6) is 0 Å². The van der Waals surface area contributed by atoms with Crippen LogP contribution in [0, 0.1) is 12.8 Å². The van der Waals surface area contributed by atoms with Gasteiger partial charge in [-0.25, -0.2) is 8.42 Å². The molecule has 1 aliphatic carbocycles. The van der Waals surface area contributed by atoms with Crippen molar-refractivity contribution in [1.29, 1.82) is 0 Å². The predicted molar refractivity (Wildman–Crippen MR) is 82.9 cm³/mol. The van der Waals surface area contributed by atoms with E-state index in [0.717, 1.165) is 12.8 Å². The molecule has 0 N–H and O–H groups in total. The van der Waals surface area contributed by atoms with Crippen LogP contribution in [-0.2, 0) is 14.6 Å². The standard InChI is InChI=1S/C15H19N3O5S/c1-9-6-13(23-16-9)15(20)18-5-4-17(14(19)10-2-3-10)11-7-24(21,22)8-12(11)18/h6,10-12H,2-5,7-8H2,1H3/t11-,12+/m1/s1. The lowest BCUT2D eigenvalue weighted by atomic mass is 10.0. The molecule has 9 heteroatoms. The number of piperazine rings is 1. The third-order valence-corrected chi connectivity index (χ3v) is 6.68. The lowest BCUT2D eigenvalue weighted by Crippen LogP contribution is -2.62. The van der Waals surface area contributed by atoms with E-state index in [1.807, 2.05) is 0 Å². The number of hydrogen-bond donors (Lipinski definition) is 0. The van der Waals surface area contributed by atoms with Crippen molar-refractivity contribution in [3.05, 3.63) is 17.5 Å². The molecule has 0 spiro atoms. The van der Waals surface area contributed by atoms with E-state index in [-0.39, 0.29) is 35.0 Å². The third-order valence-electron chi connectivity index (χ3n) is 4.99. The number of aromatic nitrogens is 1. The summed E-state index contributed by atoms with van der Waals surface area (Å²) in [6.45, 7) is 2.40. The molecule has 0 unspecified atom stereocenters. The molecule has 2 amide bonds. The van der Waals surface area contributed by atoms with Crippen LogP contribution in [0.1, 0.15) is 29.1 Å². The maximum Gasteiger partial charge on any atom is 0.292 e. The average molecular weight is 353 g/mol. The predicted octanol–water partition coefficient (Wildman–Crippen LogP) is -0.157. The Balaban J connectivity index is 1.62. The molecule has 0 aromatic carbocycles. The van der Waals surface area contributed by atoms with Crippen molar-refractivity contribution in [2.45, 2.75) is 31.8 Å². The summed E-state index contributed by atoms with van der Waals surface area (Å²) in [6, 6.07) is 0.580. The highest BCUT2D eigenvalue weighted by molar-refractivity contribution is 7.91. The Bertz CT molecular complexity index is 798. The quantitative estimate of drug-likeness (QED) is 0.732. The van der Waals surface area contributed by atoms with Gasteiger partial charge in [0.1, 0.15) is 0 Å². The zero-order valence-electron chi connectivity index (χ0n) is 13.3. The molecule has 1 aromatic rings. The van der Waals surface area contributed by atoms with Crippen LogP contribution >= 0.6 is 0 Å². The molecule has 1 saturated carbocycles. The Kier molecular flexibility index (Phi) is 3.45. The molecule has 3 fully saturated rings. The molecule has 2 atom stereocenters. The minimum Gasteiger partial charge on any atom is -0.351 e. The number of hydrogen-bond acceptors (Lipinski definition) is 6. The summed E-state index contributed by atoms with van der Waals surface area (Å²) in [5.74, 6) is -0.364. The van der Waals surface area contributed by atoms with E-state index >= 15 is 0 Å². The molecule has 1 aromatic heterocycles. The van der Waals surface area contributed by atoms with Gasteiger partial charge in [-0.05, 0) is 19.8 Å². The van der Waals surface area contributed by atoms with Crippen LogP contribution in [0.2, 0.25) is 0 Å². The van der Waals surface area contributed by atoms with Crippen molar-refractivity contribution in [3.63, 3.8) is 0 Å². The Morgan fingerprint density at radius 1 is 1.17 bits per heavy atom. The topological polar surface area (TPSA) is 101 Å². The van der Waals surface area contributed by atoms with Crippen molar-refractivity contribution in [1.82, 2.24) is 15.0 Å². The van der Waals surface area contributed by atoms with Gasteiger partial charge in [0.15, 0.2) is 9.84 Å². The largest absolute Gasteiger partial charge is 0.351 e. The Labute approximate surface area is 139 Å². The fourth-order valence-corrected chi connectivity index (χ4v) is 5.63. The molecule has 130 valence electrons. The highest BCUT2D eigenvalue weighted by atomic mass is 32.2. The van der Waals surface area contributed by atoms with Crippen LogP contribution in [0.4, 0.5) is 0 Å². The minimum atomic E-state index is -3.28. The molecular formula is C15H19N3O5S. The van der Waals surface area contributed by atoms with Crippen molar-refractivity contribution in [2.75, 3.05) is 24.6 Å². The van der Waals surface area contributed by atoms with E-state index in [1.54, 1.807) is 17.9 Å². The summed E-state index contributed by atoms with van der Waals surface area (Å²) in [4.78, 5) is 28.4. The van der Waals surface area contributed by atoms with E-state index in [2.05, 4.69) is 5.16 Å². The van der Waals surface area contributed by atoms with Crippen molar-refractivity contribution < 1.29 is 22.5 Å². The maximum atomic E-state index is 12.7. The van der Waals surface area contributed by atoms with Crippen molar-refractivity contribution in [2.24, 2.45) is 5.92 Å². The molecular weight excluding hydrogens is 334 g/mol. The Morgan fingerprint density at radius 3 is 2.38 bits per heavy atom. The number of rotatable bonds is 2. The average Bonchev–Trinajstić information content (AvgIpc) is 3.20. The highest BCUT2D eigenvalue weighted by Gasteiger charge is 2.51. The van der Waals surface area contributed by atoms with E-state index in [0.29, 0.717) is 18.8 Å². The normalized spacial score (nSPS) is 28.7. The van der Waals surface area contributed by atoms with Crippen molar-refractivity contribution in [3.8, 4) is 0 Å². The first-order valence-corrected chi connectivity index (χ1v) is 9.93. The van der Waals surface area contributed by atoms with Crippen LogP contribution < -0.4 is 0 Å².